The van der Waals surface area contributed by atoms with Crippen molar-refractivity contribution in [2.45, 2.75) is 77.7 Å². The quantitative estimate of drug-likeness (QED) is 0.141. The molecule has 1 aromatic heterocycles. The summed E-state index contributed by atoms with van der Waals surface area (Å²) in [5.74, 6) is 2.78. The van der Waals surface area contributed by atoms with Crippen LogP contribution in [0.25, 0.3) is 10.4 Å². The van der Waals surface area contributed by atoms with Crippen molar-refractivity contribution in [2.24, 2.45) is 5.11 Å². The number of benzene rings is 1. The van der Waals surface area contributed by atoms with Crippen LogP contribution < -0.4 is 5.73 Å². The molecule has 1 aromatic carbocycles. The second-order valence-electron chi connectivity index (χ2n) is 8.97. The molecule has 2 aromatic rings. The number of nitrogen functional groups attached to an aromatic ring is 1. The number of ether oxygens (including phenoxy) is 1. The second kappa shape index (κ2) is 16.0. The van der Waals surface area contributed by atoms with E-state index in [4.69, 9.17) is 22.4 Å². The minimum atomic E-state index is -0.552. The number of terminal acetylenes is 1. The lowest BCUT2D eigenvalue weighted by atomic mass is 10.1. The van der Waals surface area contributed by atoms with Crippen LogP contribution in [-0.2, 0) is 22.4 Å². The van der Waals surface area contributed by atoms with Crippen molar-refractivity contribution in [3.8, 4) is 12.3 Å². The maximum absolute atomic E-state index is 11.9. The molecule has 2 rings (SSSR count). The SMILES string of the molecule is C#CCCCCCc1cn(C(=O)OC(C)(C)C)c(N)n1.[N-]=[N+]=NCC(=O)CCCc1ccccc1. The van der Waals surface area contributed by atoms with E-state index in [1.807, 2.05) is 51.1 Å². The Balaban J connectivity index is 0.000000365. The van der Waals surface area contributed by atoms with E-state index in [1.54, 1.807) is 6.20 Å². The zero-order valence-corrected chi connectivity index (χ0v) is 20.9. The Morgan fingerprint density at radius 2 is 1.89 bits per heavy atom. The lowest BCUT2D eigenvalue weighted by Gasteiger charge is -2.19. The molecule has 0 radical (unpaired) electrons. The van der Waals surface area contributed by atoms with Crippen LogP contribution in [0.1, 0.15) is 70.6 Å². The highest BCUT2D eigenvalue weighted by Gasteiger charge is 2.20. The van der Waals surface area contributed by atoms with Gasteiger partial charge in [-0.1, -0.05) is 41.9 Å². The maximum Gasteiger partial charge on any atom is 0.421 e. The molecule has 1 heterocycles. The van der Waals surface area contributed by atoms with E-state index < -0.39 is 11.7 Å². The summed E-state index contributed by atoms with van der Waals surface area (Å²) in [6.45, 7) is 5.41. The van der Waals surface area contributed by atoms with Gasteiger partial charge in [-0.2, -0.15) is 0 Å². The van der Waals surface area contributed by atoms with Gasteiger partial charge < -0.3 is 10.5 Å². The lowest BCUT2D eigenvalue weighted by molar-refractivity contribution is -0.117. The average molecular weight is 481 g/mol. The molecule has 35 heavy (non-hydrogen) atoms. The molecule has 0 saturated carbocycles. The molecule has 0 saturated heterocycles. The fourth-order valence-electron chi connectivity index (χ4n) is 3.06. The Kier molecular flexibility index (Phi) is 13.4. The largest absolute Gasteiger partial charge is 0.443 e. The highest BCUT2D eigenvalue weighted by molar-refractivity contribution is 5.80. The molecule has 0 aliphatic carbocycles. The van der Waals surface area contributed by atoms with Gasteiger partial charge in [0.1, 0.15) is 11.4 Å². The van der Waals surface area contributed by atoms with Gasteiger partial charge in [0.25, 0.3) is 0 Å². The molecule has 188 valence electrons. The first kappa shape index (κ1) is 29.3. The summed E-state index contributed by atoms with van der Waals surface area (Å²) in [5.41, 5.74) is 15.2. The van der Waals surface area contributed by atoms with Crippen LogP contribution in [0, 0.1) is 12.3 Å². The standard InChI is InChI=1S/C15H23N3O2.C11H13N3O/c1-5-6-7-8-9-10-12-11-18(13(16)17-12)14(19)20-15(2,3)4;12-14-13-9-11(15)8-4-7-10-5-2-1-3-6-10/h1,11H,6-10H2,2-4H3,(H2,16,17);1-3,5-6H,4,7-9H2. The highest BCUT2D eigenvalue weighted by Crippen LogP contribution is 2.14. The lowest BCUT2D eigenvalue weighted by Crippen LogP contribution is -2.27. The van der Waals surface area contributed by atoms with Crippen LogP contribution in [0.2, 0.25) is 0 Å². The van der Waals surface area contributed by atoms with Gasteiger partial charge in [-0.05, 0) is 64.0 Å². The van der Waals surface area contributed by atoms with Gasteiger partial charge in [0.2, 0.25) is 5.95 Å². The van der Waals surface area contributed by atoms with Gasteiger partial charge in [-0.3, -0.25) is 4.79 Å². The minimum Gasteiger partial charge on any atom is -0.443 e. The first-order chi connectivity index (χ1) is 16.7. The van der Waals surface area contributed by atoms with Gasteiger partial charge in [-0.25, -0.2) is 14.3 Å². The predicted molar refractivity (Wildman–Crippen MR) is 138 cm³/mol. The number of anilines is 1. The zero-order chi connectivity index (χ0) is 26.1. The number of hydrogen-bond donors (Lipinski definition) is 1. The van der Waals surface area contributed by atoms with E-state index in [0.29, 0.717) is 6.42 Å². The Morgan fingerprint density at radius 3 is 2.51 bits per heavy atom. The number of carbonyl (C=O) groups is 2. The smallest absolute Gasteiger partial charge is 0.421 e. The molecule has 9 heteroatoms. The van der Waals surface area contributed by atoms with Crippen LogP contribution in [0.3, 0.4) is 0 Å². The number of imidazole rings is 1. The van der Waals surface area contributed by atoms with Crippen molar-refractivity contribution in [3.05, 3.63) is 58.2 Å². The molecule has 0 bridgehead atoms. The Bertz CT molecular complexity index is 1010. The first-order valence-corrected chi connectivity index (χ1v) is 11.7. The van der Waals surface area contributed by atoms with E-state index in [1.165, 1.54) is 10.1 Å². The number of rotatable bonds is 11. The Labute approximate surface area is 207 Å². The van der Waals surface area contributed by atoms with Gasteiger partial charge in [0.15, 0.2) is 0 Å². The van der Waals surface area contributed by atoms with E-state index in [9.17, 15) is 9.59 Å². The topological polar surface area (TPSA) is 136 Å². The summed E-state index contributed by atoms with van der Waals surface area (Å²) in [6.07, 6.45) is 13.1. The van der Waals surface area contributed by atoms with Crippen LogP contribution in [0.5, 0.6) is 0 Å². The minimum absolute atomic E-state index is 0.00345. The summed E-state index contributed by atoms with van der Waals surface area (Å²) < 4.78 is 6.51. The van der Waals surface area contributed by atoms with Crippen molar-refractivity contribution in [3.63, 3.8) is 0 Å². The summed E-state index contributed by atoms with van der Waals surface area (Å²) in [6, 6.07) is 10.0. The molecule has 9 nitrogen and oxygen atoms in total. The Hall–Kier alpha value is -3.76. The molecule has 0 amide bonds. The third-order valence-corrected chi connectivity index (χ3v) is 4.70. The van der Waals surface area contributed by atoms with Crippen LogP contribution >= 0.6 is 0 Å². The molecule has 0 aliphatic rings. The number of nitrogens with two attached hydrogens (primary N) is 1. The monoisotopic (exact) mass is 480 g/mol. The first-order valence-electron chi connectivity index (χ1n) is 11.7. The zero-order valence-electron chi connectivity index (χ0n) is 20.9. The molecule has 0 fully saturated rings. The van der Waals surface area contributed by atoms with Crippen molar-refractivity contribution in [1.82, 2.24) is 9.55 Å². The summed E-state index contributed by atoms with van der Waals surface area (Å²) >= 11 is 0. The van der Waals surface area contributed by atoms with Crippen LogP contribution in [0.4, 0.5) is 10.7 Å². The van der Waals surface area contributed by atoms with Crippen molar-refractivity contribution in [1.29, 1.82) is 0 Å². The van der Waals surface area contributed by atoms with E-state index >= 15 is 0 Å². The number of hydrogen-bond acceptors (Lipinski definition) is 6. The molecule has 2 N–H and O–H groups in total. The Morgan fingerprint density at radius 1 is 1.17 bits per heavy atom. The van der Waals surface area contributed by atoms with Gasteiger partial charge in [0, 0.05) is 24.0 Å². The highest BCUT2D eigenvalue weighted by atomic mass is 16.6. The number of azide groups is 1. The van der Waals surface area contributed by atoms with Crippen LogP contribution in [0.15, 0.2) is 41.6 Å². The summed E-state index contributed by atoms with van der Waals surface area (Å²) in [7, 11) is 0. The van der Waals surface area contributed by atoms with Gasteiger partial charge in [0.05, 0.1) is 12.2 Å². The summed E-state index contributed by atoms with van der Waals surface area (Å²) in [5, 5.41) is 3.23. The number of ketones is 1. The van der Waals surface area contributed by atoms with Crippen molar-refractivity contribution in [2.75, 3.05) is 12.3 Å². The van der Waals surface area contributed by atoms with E-state index in [-0.39, 0.29) is 18.3 Å². The molecule has 0 aliphatic heterocycles. The third kappa shape index (κ3) is 13.5. The molecule has 0 unspecified atom stereocenters. The number of aryl methyl sites for hydroxylation is 2. The van der Waals surface area contributed by atoms with Gasteiger partial charge >= 0.3 is 6.09 Å². The van der Waals surface area contributed by atoms with E-state index in [2.05, 4.69) is 20.9 Å². The third-order valence-electron chi connectivity index (χ3n) is 4.70. The average Bonchev–Trinajstić information content (AvgIpc) is 3.18. The second-order valence-corrected chi connectivity index (χ2v) is 8.97. The molecular formula is C26H36N6O3. The number of unbranched alkanes of at least 4 members (excludes halogenated alkanes) is 3. The predicted octanol–water partition coefficient (Wildman–Crippen LogP) is 5.87. The normalized spacial score (nSPS) is 10.3. The molecule has 0 spiro atoms. The number of nitrogens with zero attached hydrogens (tertiary/aromatic N) is 5. The summed E-state index contributed by atoms with van der Waals surface area (Å²) in [4.78, 5) is 29.8. The fraction of sp³-hybridized carbons (Fsp3) is 0.500. The van der Waals surface area contributed by atoms with Crippen molar-refractivity contribution < 1.29 is 14.3 Å². The molecule has 0 atom stereocenters. The van der Waals surface area contributed by atoms with E-state index in [0.717, 1.165) is 50.6 Å². The maximum atomic E-state index is 11.9. The number of carbonyl (C=O) groups excluding carboxylic acids is 2. The molecular weight excluding hydrogens is 444 g/mol. The van der Waals surface area contributed by atoms with Crippen molar-refractivity contribution >= 4 is 17.8 Å². The number of aromatic nitrogens is 2. The number of Topliss-reactive ketones (excluding diaryl/α,β-unsaturated/α-hetero) is 1. The fourth-order valence-corrected chi connectivity index (χ4v) is 3.06. The van der Waals surface area contributed by atoms with Crippen LogP contribution in [-0.4, -0.2) is 33.6 Å². The van der Waals surface area contributed by atoms with Gasteiger partial charge in [-0.15, -0.1) is 12.3 Å².